The van der Waals surface area contributed by atoms with Gasteiger partial charge in [-0.3, -0.25) is 4.79 Å². The van der Waals surface area contributed by atoms with Crippen molar-refractivity contribution in [1.29, 1.82) is 0 Å². The second kappa shape index (κ2) is 4.95. The van der Waals surface area contributed by atoms with Gasteiger partial charge in [-0.1, -0.05) is 0 Å². The van der Waals surface area contributed by atoms with Crippen molar-refractivity contribution >= 4 is 27.5 Å². The fraction of sp³-hybridized carbons (Fsp3) is 0.417. The zero-order chi connectivity index (χ0) is 13.3. The summed E-state index contributed by atoms with van der Waals surface area (Å²) < 4.78 is 19.0. The zero-order valence-corrected chi connectivity index (χ0v) is 11.5. The van der Waals surface area contributed by atoms with Gasteiger partial charge in [0.1, 0.15) is 5.82 Å². The molecule has 1 aliphatic rings. The smallest absolute Gasteiger partial charge is 0.234 e. The second-order valence-electron chi connectivity index (χ2n) is 4.62. The SMILES string of the molecule is CC1(C(=O)Nc2cc(F)ccc2Br)COCC1N. The molecule has 0 aliphatic carbocycles. The molecule has 3 N–H and O–H groups in total. The normalized spacial score (nSPS) is 27.2. The maximum Gasteiger partial charge on any atom is 0.234 e. The van der Waals surface area contributed by atoms with Gasteiger partial charge in [0, 0.05) is 10.5 Å². The Morgan fingerprint density at radius 2 is 2.39 bits per heavy atom. The van der Waals surface area contributed by atoms with E-state index in [1.54, 1.807) is 13.0 Å². The minimum absolute atomic E-state index is 0.265. The van der Waals surface area contributed by atoms with E-state index in [-0.39, 0.29) is 18.6 Å². The Bertz CT molecular complexity index is 483. The van der Waals surface area contributed by atoms with Crippen LogP contribution in [0.5, 0.6) is 0 Å². The fourth-order valence-electron chi connectivity index (χ4n) is 1.78. The molecule has 1 saturated heterocycles. The Morgan fingerprint density at radius 1 is 1.67 bits per heavy atom. The largest absolute Gasteiger partial charge is 0.379 e. The van der Waals surface area contributed by atoms with Gasteiger partial charge in [0.25, 0.3) is 0 Å². The minimum Gasteiger partial charge on any atom is -0.379 e. The van der Waals surface area contributed by atoms with Gasteiger partial charge in [0.05, 0.1) is 24.3 Å². The van der Waals surface area contributed by atoms with Crippen LogP contribution >= 0.6 is 15.9 Å². The van der Waals surface area contributed by atoms with Crippen molar-refractivity contribution < 1.29 is 13.9 Å². The summed E-state index contributed by atoms with van der Waals surface area (Å²) in [6, 6.07) is 3.75. The van der Waals surface area contributed by atoms with Gasteiger partial charge in [-0.15, -0.1) is 0 Å². The molecule has 4 nitrogen and oxygen atoms in total. The molecular formula is C12H14BrFN2O2. The third kappa shape index (κ3) is 2.41. The number of ether oxygens (including phenoxy) is 1. The molecule has 0 bridgehead atoms. The number of halogens is 2. The summed E-state index contributed by atoms with van der Waals surface area (Å²) in [6.45, 7) is 2.37. The van der Waals surface area contributed by atoms with E-state index in [0.717, 1.165) is 0 Å². The highest BCUT2D eigenvalue weighted by molar-refractivity contribution is 9.10. The molecule has 98 valence electrons. The van der Waals surface area contributed by atoms with Gasteiger partial charge in [-0.25, -0.2) is 4.39 Å². The molecule has 2 unspecified atom stereocenters. The molecular weight excluding hydrogens is 303 g/mol. The number of nitrogens with two attached hydrogens (primary N) is 1. The van der Waals surface area contributed by atoms with E-state index >= 15 is 0 Å². The molecule has 1 heterocycles. The molecule has 1 aromatic carbocycles. The summed E-state index contributed by atoms with van der Waals surface area (Å²) in [4.78, 5) is 12.2. The van der Waals surface area contributed by atoms with Gasteiger partial charge in [-0.05, 0) is 41.1 Å². The van der Waals surface area contributed by atoms with Crippen molar-refractivity contribution in [3.8, 4) is 0 Å². The highest BCUT2D eigenvalue weighted by Gasteiger charge is 2.44. The predicted octanol–water partition coefficient (Wildman–Crippen LogP) is 1.89. The molecule has 1 fully saturated rings. The van der Waals surface area contributed by atoms with Crippen LogP contribution in [0.25, 0.3) is 0 Å². The molecule has 6 heteroatoms. The topological polar surface area (TPSA) is 64.3 Å². The third-order valence-corrected chi connectivity index (χ3v) is 3.90. The average molecular weight is 317 g/mol. The molecule has 2 rings (SSSR count). The Kier molecular flexibility index (Phi) is 3.70. The average Bonchev–Trinajstić information content (AvgIpc) is 2.66. The van der Waals surface area contributed by atoms with E-state index in [2.05, 4.69) is 21.2 Å². The number of rotatable bonds is 2. The first-order chi connectivity index (χ1) is 8.43. The van der Waals surface area contributed by atoms with Gasteiger partial charge >= 0.3 is 0 Å². The van der Waals surface area contributed by atoms with Gasteiger partial charge in [0.2, 0.25) is 5.91 Å². The summed E-state index contributed by atoms with van der Waals surface area (Å²) in [7, 11) is 0. The van der Waals surface area contributed by atoms with Crippen LogP contribution in [0.3, 0.4) is 0 Å². The summed E-state index contributed by atoms with van der Waals surface area (Å²) in [5.41, 5.74) is 5.47. The zero-order valence-electron chi connectivity index (χ0n) is 9.87. The maximum absolute atomic E-state index is 13.1. The first kappa shape index (κ1) is 13.5. The van der Waals surface area contributed by atoms with E-state index in [0.29, 0.717) is 16.8 Å². The number of amides is 1. The molecule has 0 spiro atoms. The summed E-state index contributed by atoms with van der Waals surface area (Å²) in [5, 5.41) is 2.68. The lowest BCUT2D eigenvalue weighted by molar-refractivity contribution is -0.125. The van der Waals surface area contributed by atoms with Gasteiger partial charge in [-0.2, -0.15) is 0 Å². The lowest BCUT2D eigenvalue weighted by Gasteiger charge is -2.25. The molecule has 0 saturated carbocycles. The van der Waals surface area contributed by atoms with E-state index in [1.165, 1.54) is 12.1 Å². The van der Waals surface area contributed by atoms with Crippen molar-refractivity contribution in [2.45, 2.75) is 13.0 Å². The Labute approximate surface area is 113 Å². The maximum atomic E-state index is 13.1. The first-order valence-electron chi connectivity index (χ1n) is 5.53. The van der Waals surface area contributed by atoms with Crippen molar-refractivity contribution in [2.24, 2.45) is 11.1 Å². The standard InChI is InChI=1S/C12H14BrFN2O2/c1-12(6-18-5-10(12)15)11(17)16-9-4-7(14)2-3-8(9)13/h2-4,10H,5-6,15H2,1H3,(H,16,17). The number of carbonyl (C=O) groups is 1. The highest BCUT2D eigenvalue weighted by Crippen LogP contribution is 2.30. The lowest BCUT2D eigenvalue weighted by Crippen LogP contribution is -2.47. The first-order valence-corrected chi connectivity index (χ1v) is 6.32. The highest BCUT2D eigenvalue weighted by atomic mass is 79.9. The van der Waals surface area contributed by atoms with Crippen LogP contribution < -0.4 is 11.1 Å². The molecule has 1 aliphatic heterocycles. The van der Waals surface area contributed by atoms with Crippen LogP contribution in [0.2, 0.25) is 0 Å². The predicted molar refractivity (Wildman–Crippen MR) is 69.6 cm³/mol. The van der Waals surface area contributed by atoms with E-state index in [9.17, 15) is 9.18 Å². The fourth-order valence-corrected chi connectivity index (χ4v) is 2.13. The summed E-state index contributed by atoms with van der Waals surface area (Å²) >= 11 is 3.26. The molecule has 1 aromatic rings. The van der Waals surface area contributed by atoms with Crippen LogP contribution in [0, 0.1) is 11.2 Å². The van der Waals surface area contributed by atoms with E-state index < -0.39 is 11.2 Å². The monoisotopic (exact) mass is 316 g/mol. The van der Waals surface area contributed by atoms with Crippen LogP contribution in [0.4, 0.5) is 10.1 Å². The Morgan fingerprint density at radius 3 is 3.00 bits per heavy atom. The minimum atomic E-state index is -0.786. The van der Waals surface area contributed by atoms with Gasteiger partial charge < -0.3 is 15.8 Å². The van der Waals surface area contributed by atoms with Crippen molar-refractivity contribution in [2.75, 3.05) is 18.5 Å². The number of carbonyl (C=O) groups excluding carboxylic acids is 1. The van der Waals surface area contributed by atoms with Crippen molar-refractivity contribution in [3.05, 3.63) is 28.5 Å². The number of hydrogen-bond acceptors (Lipinski definition) is 3. The van der Waals surface area contributed by atoms with Crippen LogP contribution in [0.1, 0.15) is 6.92 Å². The number of anilines is 1. The Hall–Kier alpha value is -0.980. The van der Waals surface area contributed by atoms with Crippen LogP contribution in [-0.4, -0.2) is 25.2 Å². The molecule has 2 atom stereocenters. The summed E-state index contributed by atoms with van der Waals surface area (Å²) in [6.07, 6.45) is 0. The third-order valence-electron chi connectivity index (χ3n) is 3.21. The van der Waals surface area contributed by atoms with Crippen molar-refractivity contribution in [3.63, 3.8) is 0 Å². The molecule has 1 amide bonds. The lowest BCUT2D eigenvalue weighted by atomic mass is 9.85. The van der Waals surface area contributed by atoms with Crippen LogP contribution in [-0.2, 0) is 9.53 Å². The molecule has 18 heavy (non-hydrogen) atoms. The van der Waals surface area contributed by atoms with Crippen LogP contribution in [0.15, 0.2) is 22.7 Å². The van der Waals surface area contributed by atoms with E-state index in [1.807, 2.05) is 0 Å². The van der Waals surface area contributed by atoms with Crippen molar-refractivity contribution in [1.82, 2.24) is 0 Å². The Balaban J connectivity index is 2.19. The number of benzene rings is 1. The van der Waals surface area contributed by atoms with E-state index in [4.69, 9.17) is 10.5 Å². The molecule has 0 aromatic heterocycles. The molecule has 0 radical (unpaired) electrons. The number of nitrogens with one attached hydrogen (secondary N) is 1. The summed E-state index contributed by atoms with van der Waals surface area (Å²) in [5.74, 6) is -0.676. The number of hydrogen-bond donors (Lipinski definition) is 2. The quantitative estimate of drug-likeness (QED) is 0.875. The second-order valence-corrected chi connectivity index (χ2v) is 5.47. The van der Waals surface area contributed by atoms with Gasteiger partial charge in [0.15, 0.2) is 0 Å².